The van der Waals surface area contributed by atoms with Crippen molar-refractivity contribution in [3.05, 3.63) is 47.5 Å². The van der Waals surface area contributed by atoms with Crippen LogP contribution >= 0.6 is 0 Å². The Labute approximate surface area is 243 Å². The van der Waals surface area contributed by atoms with E-state index in [0.717, 1.165) is 0 Å². The van der Waals surface area contributed by atoms with E-state index in [-0.39, 0.29) is 40.0 Å². The van der Waals surface area contributed by atoms with Gasteiger partial charge in [-0.3, -0.25) is 19.2 Å². The first-order valence-electron chi connectivity index (χ1n) is 13.8. The van der Waals surface area contributed by atoms with Crippen LogP contribution in [0.5, 0.6) is 23.0 Å². The van der Waals surface area contributed by atoms with Crippen LogP contribution in [0, 0.1) is 11.8 Å². The van der Waals surface area contributed by atoms with Crippen LogP contribution in [0.1, 0.15) is 50.7 Å². The molecule has 0 saturated heterocycles. The van der Waals surface area contributed by atoms with E-state index >= 15 is 0 Å². The molecule has 12 heteroatoms. The fourth-order valence-corrected chi connectivity index (χ4v) is 5.16. The Morgan fingerprint density at radius 2 is 0.857 bits per heavy atom. The van der Waals surface area contributed by atoms with E-state index in [9.17, 15) is 19.2 Å². The summed E-state index contributed by atoms with van der Waals surface area (Å²) in [6.45, 7) is 6.23. The SMILES string of the molecule is CCOC(=O)C(C(=O)OCC)[C@@H](c1ccc2c(c1)OCO2)[C@@H](c1ccc2c(c1)OCO2)C(C(=O)OCC)C(=O)OCC. The highest BCUT2D eigenvalue weighted by molar-refractivity contribution is 5.99. The van der Waals surface area contributed by atoms with E-state index < -0.39 is 47.5 Å². The van der Waals surface area contributed by atoms with Gasteiger partial charge in [-0.2, -0.15) is 0 Å². The number of carbonyl (C=O) groups excluding carboxylic acids is 4. The second-order valence-corrected chi connectivity index (χ2v) is 9.24. The first-order valence-corrected chi connectivity index (χ1v) is 13.8. The zero-order valence-corrected chi connectivity index (χ0v) is 23.9. The number of benzene rings is 2. The molecule has 226 valence electrons. The van der Waals surface area contributed by atoms with Gasteiger partial charge in [-0.1, -0.05) is 12.1 Å². The lowest BCUT2D eigenvalue weighted by atomic mass is 9.68. The summed E-state index contributed by atoms with van der Waals surface area (Å²) in [6.07, 6.45) is 0. The van der Waals surface area contributed by atoms with E-state index in [1.807, 2.05) is 0 Å². The van der Waals surface area contributed by atoms with E-state index in [4.69, 9.17) is 37.9 Å². The van der Waals surface area contributed by atoms with Crippen molar-refractivity contribution in [2.45, 2.75) is 39.5 Å². The molecule has 4 rings (SSSR count). The zero-order chi connectivity index (χ0) is 30.2. The number of rotatable bonds is 13. The van der Waals surface area contributed by atoms with Crippen molar-refractivity contribution >= 4 is 23.9 Å². The third kappa shape index (κ3) is 6.37. The number of esters is 4. The summed E-state index contributed by atoms with van der Waals surface area (Å²) in [7, 11) is 0. The molecule has 0 amide bonds. The standard InChI is InChI=1S/C30H34O12/c1-5-35-27(31)25(28(32)36-6-2)23(17-9-11-19-21(13-17)41-15-39-19)24(18-10-12-20-22(14-18)42-16-40-20)26(29(33)37-7-3)30(34)38-8-4/h9-14,23-26H,5-8,15-16H2,1-4H3/t23-,24+. The van der Waals surface area contributed by atoms with Crippen molar-refractivity contribution in [3.63, 3.8) is 0 Å². The smallest absolute Gasteiger partial charge is 0.320 e. The van der Waals surface area contributed by atoms with Crippen LogP contribution in [0.15, 0.2) is 36.4 Å². The fourth-order valence-electron chi connectivity index (χ4n) is 5.16. The van der Waals surface area contributed by atoms with E-state index in [2.05, 4.69) is 0 Å². The molecule has 2 aromatic rings. The molecule has 0 fully saturated rings. The number of fused-ring (bicyclic) bond motifs is 2. The largest absolute Gasteiger partial charge is 0.465 e. The number of ether oxygens (including phenoxy) is 8. The molecule has 0 aromatic heterocycles. The lowest BCUT2D eigenvalue weighted by molar-refractivity contribution is -0.169. The van der Waals surface area contributed by atoms with Crippen molar-refractivity contribution in [2.24, 2.45) is 11.8 Å². The molecule has 0 aliphatic carbocycles. The minimum Gasteiger partial charge on any atom is -0.465 e. The van der Waals surface area contributed by atoms with Crippen LogP contribution in [-0.2, 0) is 38.1 Å². The Morgan fingerprint density at radius 3 is 1.17 bits per heavy atom. The van der Waals surface area contributed by atoms with Crippen LogP contribution in [-0.4, -0.2) is 63.9 Å². The summed E-state index contributed by atoms with van der Waals surface area (Å²) in [4.78, 5) is 54.4. The molecular formula is C30H34O12. The molecule has 0 radical (unpaired) electrons. The number of hydrogen-bond acceptors (Lipinski definition) is 12. The Bertz CT molecular complexity index is 1170. The van der Waals surface area contributed by atoms with E-state index in [1.54, 1.807) is 64.1 Å². The molecule has 12 nitrogen and oxygen atoms in total. The van der Waals surface area contributed by atoms with Crippen molar-refractivity contribution in [3.8, 4) is 23.0 Å². The van der Waals surface area contributed by atoms with Gasteiger partial charge in [-0.05, 0) is 63.1 Å². The molecule has 0 saturated carbocycles. The average molecular weight is 587 g/mol. The van der Waals surface area contributed by atoms with E-state index in [1.165, 1.54) is 0 Å². The van der Waals surface area contributed by atoms with Gasteiger partial charge in [0.2, 0.25) is 13.6 Å². The fraction of sp³-hybridized carbons (Fsp3) is 0.467. The maximum Gasteiger partial charge on any atom is 0.320 e. The summed E-state index contributed by atoms with van der Waals surface area (Å²) in [5.74, 6) is -7.58. The van der Waals surface area contributed by atoms with Gasteiger partial charge in [0.25, 0.3) is 0 Å². The van der Waals surface area contributed by atoms with Crippen molar-refractivity contribution in [1.82, 2.24) is 0 Å². The highest BCUT2D eigenvalue weighted by atomic mass is 16.7. The van der Waals surface area contributed by atoms with Crippen molar-refractivity contribution in [1.29, 1.82) is 0 Å². The number of hydrogen-bond donors (Lipinski definition) is 0. The van der Waals surface area contributed by atoms with Gasteiger partial charge in [-0.15, -0.1) is 0 Å². The van der Waals surface area contributed by atoms with Gasteiger partial charge in [0.15, 0.2) is 34.8 Å². The minimum atomic E-state index is -1.60. The quantitative estimate of drug-likeness (QED) is 0.193. The third-order valence-electron chi connectivity index (χ3n) is 6.83. The van der Waals surface area contributed by atoms with Crippen LogP contribution in [0.3, 0.4) is 0 Å². The van der Waals surface area contributed by atoms with Gasteiger partial charge < -0.3 is 37.9 Å². The molecule has 0 unspecified atom stereocenters. The average Bonchev–Trinajstić information content (AvgIpc) is 3.64. The van der Waals surface area contributed by atoms with Gasteiger partial charge in [0, 0.05) is 11.8 Å². The lowest BCUT2D eigenvalue weighted by Gasteiger charge is -2.35. The van der Waals surface area contributed by atoms with E-state index in [0.29, 0.717) is 34.1 Å². The van der Waals surface area contributed by atoms with Crippen LogP contribution in [0.25, 0.3) is 0 Å². The second kappa shape index (κ2) is 13.9. The minimum absolute atomic E-state index is 0.0253. The van der Waals surface area contributed by atoms with Gasteiger partial charge >= 0.3 is 23.9 Å². The monoisotopic (exact) mass is 586 g/mol. The summed E-state index contributed by atoms with van der Waals surface area (Å²) < 4.78 is 43.5. The molecular weight excluding hydrogens is 552 g/mol. The molecule has 2 aromatic carbocycles. The molecule has 0 spiro atoms. The third-order valence-corrected chi connectivity index (χ3v) is 6.83. The molecule has 42 heavy (non-hydrogen) atoms. The highest BCUT2D eigenvalue weighted by Gasteiger charge is 2.51. The lowest BCUT2D eigenvalue weighted by Crippen LogP contribution is -2.42. The molecule has 2 aliphatic rings. The Balaban J connectivity index is 2.02. The van der Waals surface area contributed by atoms with Crippen molar-refractivity contribution < 1.29 is 57.1 Å². The second-order valence-electron chi connectivity index (χ2n) is 9.24. The van der Waals surface area contributed by atoms with Gasteiger partial charge in [0.05, 0.1) is 26.4 Å². The molecule has 2 heterocycles. The zero-order valence-electron chi connectivity index (χ0n) is 23.9. The predicted octanol–water partition coefficient (Wildman–Crippen LogP) is 3.50. The van der Waals surface area contributed by atoms with Crippen LogP contribution in [0.4, 0.5) is 0 Å². The van der Waals surface area contributed by atoms with Gasteiger partial charge in [-0.25, -0.2) is 0 Å². The Hall–Kier alpha value is -4.48. The maximum absolute atomic E-state index is 13.6. The normalized spacial score (nSPS) is 14.3. The molecule has 2 aliphatic heterocycles. The summed E-state index contributed by atoms with van der Waals surface area (Å²) in [5.41, 5.74) is 0.762. The summed E-state index contributed by atoms with van der Waals surface area (Å²) >= 11 is 0. The van der Waals surface area contributed by atoms with Crippen LogP contribution in [0.2, 0.25) is 0 Å². The maximum atomic E-state index is 13.6. The number of carbonyl (C=O) groups is 4. The molecule has 0 bridgehead atoms. The first kappa shape index (κ1) is 30.5. The van der Waals surface area contributed by atoms with Crippen molar-refractivity contribution in [2.75, 3.05) is 40.0 Å². The summed E-state index contributed by atoms with van der Waals surface area (Å²) in [6, 6.07) is 9.72. The molecule has 2 atom stereocenters. The first-order chi connectivity index (χ1) is 20.3. The summed E-state index contributed by atoms with van der Waals surface area (Å²) in [5, 5.41) is 0. The topological polar surface area (TPSA) is 142 Å². The Morgan fingerprint density at radius 1 is 0.548 bits per heavy atom. The van der Waals surface area contributed by atoms with Crippen LogP contribution < -0.4 is 18.9 Å². The molecule has 0 N–H and O–H groups in total. The predicted molar refractivity (Wildman–Crippen MR) is 144 cm³/mol. The Kier molecular flexibility index (Phi) is 10.1. The van der Waals surface area contributed by atoms with Gasteiger partial charge in [0.1, 0.15) is 0 Å². The highest BCUT2D eigenvalue weighted by Crippen LogP contribution is 2.49.